The van der Waals surface area contributed by atoms with Gasteiger partial charge in [0.1, 0.15) is 30.2 Å². The van der Waals surface area contributed by atoms with Gasteiger partial charge >= 0.3 is 11.9 Å². The Morgan fingerprint density at radius 1 is 0.559 bits per heavy atom. The second-order valence-electron chi connectivity index (χ2n) is 13.5. The van der Waals surface area contributed by atoms with Crippen LogP contribution in [-0.4, -0.2) is 151 Å². The van der Waals surface area contributed by atoms with Crippen LogP contribution in [-0.2, 0) is 38.4 Å². The maximum Gasteiger partial charge on any atom is 0.335 e. The lowest BCUT2D eigenvalue weighted by molar-refractivity contribution is -0.926. The number of carboxylic acids is 2. The molecule has 0 aliphatic carbocycles. The highest BCUT2D eigenvalue weighted by atomic mass is 16.7. The number of carbonyl (C=O) groups is 8. The summed E-state index contributed by atoms with van der Waals surface area (Å²) < 4.78 is 0. The Morgan fingerprint density at radius 3 is 1.49 bits per heavy atom. The van der Waals surface area contributed by atoms with Crippen molar-refractivity contribution in [2.45, 2.75) is 134 Å². The van der Waals surface area contributed by atoms with E-state index in [4.69, 9.17) is 10.4 Å². The fourth-order valence-corrected chi connectivity index (χ4v) is 5.23. The Labute approximate surface area is 338 Å². The second-order valence-corrected chi connectivity index (χ2v) is 13.5. The average Bonchev–Trinajstić information content (AvgIpc) is 3.17. The van der Waals surface area contributed by atoms with Crippen LogP contribution < -0.4 is 53.4 Å². The van der Waals surface area contributed by atoms with E-state index in [9.17, 15) is 74.3 Å². The maximum atomic E-state index is 13.4. The van der Waals surface area contributed by atoms with Gasteiger partial charge in [-0.25, -0.2) is 9.59 Å². The molecule has 0 heterocycles. The second kappa shape index (κ2) is 29.5. The van der Waals surface area contributed by atoms with Gasteiger partial charge in [0.15, 0.2) is 6.10 Å². The number of carboxylic acid groups (broad SMARTS) is 2. The van der Waals surface area contributed by atoms with E-state index >= 15 is 0 Å². The summed E-state index contributed by atoms with van der Waals surface area (Å²) in [4.78, 5) is 101. The summed E-state index contributed by atoms with van der Waals surface area (Å²) in [5.41, 5.74) is 2.74. The van der Waals surface area contributed by atoms with Crippen molar-refractivity contribution in [3.63, 3.8) is 0 Å². The molecule has 0 aliphatic heterocycles. The Morgan fingerprint density at radius 2 is 1.03 bits per heavy atom. The summed E-state index contributed by atoms with van der Waals surface area (Å²) in [5, 5.41) is 101. The van der Waals surface area contributed by atoms with E-state index in [0.29, 0.717) is 12.8 Å². The van der Waals surface area contributed by atoms with E-state index in [-0.39, 0.29) is 45.2 Å². The fourth-order valence-electron chi connectivity index (χ4n) is 5.23. The summed E-state index contributed by atoms with van der Waals surface area (Å²) in [6, 6.07) is -9.15. The Kier molecular flexibility index (Phi) is 27.2. The van der Waals surface area contributed by atoms with Crippen molar-refractivity contribution in [3.8, 4) is 0 Å². The molecule has 17 N–H and O–H groups in total. The molecule has 0 saturated carbocycles. The van der Waals surface area contributed by atoms with Gasteiger partial charge in [-0.1, -0.05) is 32.6 Å². The largest absolute Gasteiger partial charge is 0.611 e. The van der Waals surface area contributed by atoms with Crippen LogP contribution in [0.25, 0.3) is 0 Å². The zero-order valence-electron chi connectivity index (χ0n) is 33.0. The molecule has 0 aliphatic rings. The number of unbranched alkanes of at least 4 members (excludes halogenated alkanes) is 4. The van der Waals surface area contributed by atoms with E-state index in [0.717, 1.165) is 33.1 Å². The number of aliphatic hydroxyl groups excluding tert-OH is 3. The van der Waals surface area contributed by atoms with Gasteiger partial charge in [0, 0.05) is 19.3 Å². The highest BCUT2D eigenvalue weighted by Crippen LogP contribution is 2.07. The molecule has 0 saturated heterocycles. The van der Waals surface area contributed by atoms with Gasteiger partial charge in [-0.15, -0.1) is 0 Å². The molecule has 0 fully saturated rings. The fraction of sp³-hybridized carbons (Fsp3) is 0.750. The van der Waals surface area contributed by atoms with Crippen molar-refractivity contribution < 1.29 is 84.6 Å². The van der Waals surface area contributed by atoms with E-state index in [1.807, 2.05) is 12.2 Å². The molecule has 0 aromatic heterocycles. The summed E-state index contributed by atoms with van der Waals surface area (Å²) in [6.45, 7) is 2.58. The molecule has 0 bridgehead atoms. The lowest BCUT2D eigenvalue weighted by Gasteiger charge is -2.29. The van der Waals surface area contributed by atoms with Gasteiger partial charge in [0.2, 0.25) is 35.4 Å². The first-order valence-corrected chi connectivity index (χ1v) is 18.8. The van der Waals surface area contributed by atoms with Gasteiger partial charge in [-0.2, -0.15) is 0 Å². The number of rotatable bonds is 32. The minimum atomic E-state index is -2.49. The van der Waals surface area contributed by atoms with Crippen molar-refractivity contribution in [1.29, 1.82) is 0 Å². The molecule has 27 nitrogen and oxygen atoms in total. The van der Waals surface area contributed by atoms with Gasteiger partial charge in [-0.3, -0.25) is 49.5 Å². The first-order valence-electron chi connectivity index (χ1n) is 18.8. The Bertz CT molecular complexity index is 1360. The molecule has 10 unspecified atom stereocenters. The van der Waals surface area contributed by atoms with Crippen LogP contribution in [0.5, 0.6) is 0 Å². The van der Waals surface area contributed by atoms with Crippen molar-refractivity contribution in [1.82, 2.24) is 43.1 Å². The molecule has 6 amide bonds. The van der Waals surface area contributed by atoms with Gasteiger partial charge in [-0.05, 0) is 44.3 Å². The van der Waals surface area contributed by atoms with E-state index in [1.54, 1.807) is 0 Å². The molecule has 0 radical (unpaired) electrons. The predicted octanol–water partition coefficient (Wildman–Crippen LogP) is -7.71. The van der Waals surface area contributed by atoms with E-state index < -0.39 is 113 Å². The lowest BCUT2D eigenvalue weighted by Crippen LogP contribution is -3.13. The number of hydroxylamine groups is 2. The SMILES string of the molecule is CCCCCCCC(=O)NC(C(=O)NC(C(=O)NC(C(=O)NC(CCC[NH+]([O-])NO)C(=O)NCC(=O)NC(CCC[NH+]([O-])NO)C(=O)O)C(C)O)C(C)O)C(O)C(=O)O. The minimum Gasteiger partial charge on any atom is -0.611 e. The number of amides is 6. The van der Waals surface area contributed by atoms with Crippen LogP contribution in [0.4, 0.5) is 0 Å². The van der Waals surface area contributed by atoms with E-state index in [2.05, 4.69) is 26.6 Å². The Hall–Kier alpha value is -4.68. The summed E-state index contributed by atoms with van der Waals surface area (Å²) in [7, 11) is 0. The number of aliphatic hydroxyl groups is 3. The van der Waals surface area contributed by atoms with Crippen LogP contribution in [0.3, 0.4) is 0 Å². The van der Waals surface area contributed by atoms with Crippen LogP contribution >= 0.6 is 0 Å². The first-order chi connectivity index (χ1) is 27.7. The number of nitrogens with one attached hydrogen (secondary N) is 10. The standard InChI is InChI=1S/C32H60N10O17/c1-4-5-6-7-8-13-21(45)36-25(26(47)32(54)55)30(51)38-24(18(3)44)29(50)37-23(17(2)43)28(49)35-19(11-9-14-41(58)39-56)27(48)33-16-22(46)34-20(31(52)53)12-10-15-42(59)40-57/h17-20,23-26,39-44,47,56-57H,4-16H2,1-3H3,(H,33,48)(H,34,46)(H,35,49)(H,36,45)(H,37,50)(H,38,51)(H,52,53)(H,54,55). The topological polar surface area (TPSA) is 429 Å². The summed E-state index contributed by atoms with van der Waals surface area (Å²) in [6.07, 6.45) is -3.18. The molecule has 0 aromatic rings. The molecule has 0 spiro atoms. The average molecular weight is 857 g/mol. The number of aliphatic carboxylic acids is 2. The molecule has 0 aromatic carbocycles. The molecular formula is C32H60N10O17. The van der Waals surface area contributed by atoms with E-state index in [1.165, 1.54) is 11.2 Å². The van der Waals surface area contributed by atoms with Crippen molar-refractivity contribution in [2.24, 2.45) is 0 Å². The molecule has 340 valence electrons. The molecular weight excluding hydrogens is 796 g/mol. The third-order valence-corrected chi connectivity index (χ3v) is 8.53. The third kappa shape index (κ3) is 22.3. The third-order valence-electron chi connectivity index (χ3n) is 8.53. The zero-order valence-corrected chi connectivity index (χ0v) is 33.0. The smallest absolute Gasteiger partial charge is 0.335 e. The molecule has 10 atom stereocenters. The molecule has 27 heteroatoms. The molecule has 0 rings (SSSR count). The quantitative estimate of drug-likeness (QED) is 0.0221. The van der Waals surface area contributed by atoms with Crippen molar-refractivity contribution in [2.75, 3.05) is 19.6 Å². The zero-order chi connectivity index (χ0) is 45.2. The van der Waals surface area contributed by atoms with Crippen LogP contribution in [0.15, 0.2) is 0 Å². The van der Waals surface area contributed by atoms with Crippen LogP contribution in [0, 0.1) is 10.4 Å². The number of hydrogen-bond acceptors (Lipinski definition) is 17. The number of quaternary nitrogens is 2. The number of carbonyl (C=O) groups excluding carboxylic acids is 6. The predicted molar refractivity (Wildman–Crippen MR) is 197 cm³/mol. The monoisotopic (exact) mass is 856 g/mol. The highest BCUT2D eigenvalue weighted by Gasteiger charge is 2.38. The van der Waals surface area contributed by atoms with Gasteiger partial charge in [0.05, 0.1) is 31.8 Å². The first kappa shape index (κ1) is 54.3. The Balaban J connectivity index is 5.96. The van der Waals surface area contributed by atoms with Gasteiger partial charge in [0.25, 0.3) is 0 Å². The van der Waals surface area contributed by atoms with Crippen molar-refractivity contribution >= 4 is 47.4 Å². The van der Waals surface area contributed by atoms with Crippen molar-refractivity contribution in [3.05, 3.63) is 10.4 Å². The highest BCUT2D eigenvalue weighted by molar-refractivity contribution is 5.98. The van der Waals surface area contributed by atoms with Crippen LogP contribution in [0.2, 0.25) is 0 Å². The molecule has 59 heavy (non-hydrogen) atoms. The summed E-state index contributed by atoms with van der Waals surface area (Å²) in [5.74, 6) is -10.2. The summed E-state index contributed by atoms with van der Waals surface area (Å²) >= 11 is 0. The minimum absolute atomic E-state index is 0.0528. The normalized spacial score (nSPS) is 16.3. The van der Waals surface area contributed by atoms with Gasteiger partial charge < -0.3 is 67.8 Å². The van der Waals surface area contributed by atoms with Crippen LogP contribution in [0.1, 0.15) is 85.0 Å². The number of hydrogen-bond donors (Lipinski definition) is 17. The lowest BCUT2D eigenvalue weighted by atomic mass is 10.0. The maximum absolute atomic E-state index is 13.4.